The molecular weight excluding hydrogens is 360 g/mol. The number of nitrogens with zero attached hydrogens (tertiary/aromatic N) is 1. The van der Waals surface area contributed by atoms with Gasteiger partial charge in [-0.15, -0.1) is 0 Å². The van der Waals surface area contributed by atoms with Crippen LogP contribution in [0.15, 0.2) is 84.9 Å². The quantitative estimate of drug-likeness (QED) is 0.641. The highest BCUT2D eigenvalue weighted by molar-refractivity contribution is 5.97. The normalized spacial score (nSPS) is 11.8. The summed E-state index contributed by atoms with van der Waals surface area (Å²) in [5.74, 6) is -0.414. The molecule has 29 heavy (non-hydrogen) atoms. The van der Waals surface area contributed by atoms with Crippen molar-refractivity contribution in [1.29, 1.82) is 0 Å². The molecule has 3 aromatic rings. The number of hydrogen-bond acceptors (Lipinski definition) is 2. The van der Waals surface area contributed by atoms with Crippen LogP contribution in [0, 0.1) is 0 Å². The molecule has 0 spiro atoms. The van der Waals surface area contributed by atoms with Gasteiger partial charge in [0.25, 0.3) is 5.91 Å². The molecule has 1 atom stereocenters. The molecule has 3 aromatic carbocycles. The van der Waals surface area contributed by atoms with E-state index in [1.807, 2.05) is 60.7 Å². The third-order valence-electron chi connectivity index (χ3n) is 4.95. The molecule has 0 heterocycles. The molecule has 3 rings (SSSR count). The minimum absolute atomic E-state index is 0.229. The van der Waals surface area contributed by atoms with Crippen molar-refractivity contribution < 1.29 is 9.59 Å². The summed E-state index contributed by atoms with van der Waals surface area (Å²) >= 11 is 0. The van der Waals surface area contributed by atoms with Crippen molar-refractivity contribution in [3.8, 4) is 0 Å². The topological polar surface area (TPSA) is 63.4 Å². The lowest BCUT2D eigenvalue weighted by molar-refractivity contribution is -0.122. The number of amides is 2. The van der Waals surface area contributed by atoms with Crippen LogP contribution < -0.4 is 5.73 Å². The smallest absolute Gasteiger partial charge is 0.255 e. The van der Waals surface area contributed by atoms with Crippen molar-refractivity contribution in [1.82, 2.24) is 4.90 Å². The monoisotopic (exact) mass is 386 g/mol. The predicted octanol–water partition coefficient (Wildman–Crippen LogP) is 4.68. The van der Waals surface area contributed by atoms with E-state index >= 15 is 0 Å². The van der Waals surface area contributed by atoms with Gasteiger partial charge < -0.3 is 10.6 Å². The average Bonchev–Trinajstić information content (AvgIpc) is 2.74. The van der Waals surface area contributed by atoms with Crippen molar-refractivity contribution in [2.24, 2.45) is 5.73 Å². The molecule has 4 nitrogen and oxygen atoms in total. The van der Waals surface area contributed by atoms with Gasteiger partial charge >= 0.3 is 0 Å². The molecule has 0 fully saturated rings. The summed E-state index contributed by atoms with van der Waals surface area (Å²) in [6.45, 7) is 4.54. The summed E-state index contributed by atoms with van der Waals surface area (Å²) in [6.07, 6.45) is 0. The Bertz CT molecular complexity index is 968. The Hall–Kier alpha value is -3.40. The number of hydrogen-bond donors (Lipinski definition) is 1. The first-order valence-corrected chi connectivity index (χ1v) is 9.76. The molecule has 148 valence electrons. The van der Waals surface area contributed by atoms with Crippen LogP contribution >= 0.6 is 0 Å². The zero-order chi connectivity index (χ0) is 20.8. The second-order valence-electron chi connectivity index (χ2n) is 7.41. The third-order valence-corrected chi connectivity index (χ3v) is 4.95. The largest absolute Gasteiger partial charge is 0.368 e. The van der Waals surface area contributed by atoms with Gasteiger partial charge in [0.2, 0.25) is 5.91 Å². The number of carbonyl (C=O) groups is 2. The molecular formula is C25H26N2O2. The van der Waals surface area contributed by atoms with E-state index in [9.17, 15) is 9.59 Å². The van der Waals surface area contributed by atoms with Crippen molar-refractivity contribution >= 4 is 11.8 Å². The standard InChI is InChI=1S/C25H26N2O2/c1-18(2)22-15-9-10-19(16-22)17-27(25(29)21-13-7-4-8-14-21)23(24(26)28)20-11-5-3-6-12-20/h3-16,18,23H,17H2,1-2H3,(H2,26,28)/t23-/m1/s1. The van der Waals surface area contributed by atoms with E-state index in [4.69, 9.17) is 5.73 Å². The Morgan fingerprint density at radius 3 is 2.00 bits per heavy atom. The van der Waals surface area contributed by atoms with Crippen LogP contribution in [-0.4, -0.2) is 16.7 Å². The van der Waals surface area contributed by atoms with E-state index in [-0.39, 0.29) is 12.5 Å². The van der Waals surface area contributed by atoms with Crippen molar-refractivity contribution in [2.45, 2.75) is 32.4 Å². The van der Waals surface area contributed by atoms with E-state index in [1.54, 1.807) is 17.0 Å². The molecule has 0 unspecified atom stereocenters. The molecule has 2 N–H and O–H groups in total. The van der Waals surface area contributed by atoms with E-state index in [0.717, 1.165) is 5.56 Å². The molecule has 4 heteroatoms. The summed E-state index contributed by atoms with van der Waals surface area (Å²) in [4.78, 5) is 27.4. The summed E-state index contributed by atoms with van der Waals surface area (Å²) in [5, 5.41) is 0. The van der Waals surface area contributed by atoms with Crippen molar-refractivity contribution in [2.75, 3.05) is 0 Å². The fourth-order valence-corrected chi connectivity index (χ4v) is 3.41. The number of carbonyl (C=O) groups excluding carboxylic acids is 2. The molecule has 0 bridgehead atoms. The van der Waals surface area contributed by atoms with E-state index in [1.165, 1.54) is 5.56 Å². The van der Waals surface area contributed by atoms with Gasteiger partial charge in [0.1, 0.15) is 6.04 Å². The van der Waals surface area contributed by atoms with E-state index in [2.05, 4.69) is 26.0 Å². The molecule has 0 aliphatic heterocycles. The summed E-state index contributed by atoms with van der Waals surface area (Å²) in [5.41, 5.74) is 9.15. The van der Waals surface area contributed by atoms with Crippen LogP contribution in [0.2, 0.25) is 0 Å². The SMILES string of the molecule is CC(C)c1cccc(CN(C(=O)c2ccccc2)[C@@H](C(N)=O)c2ccccc2)c1. The number of primary amides is 1. The Kier molecular flexibility index (Phi) is 6.45. The van der Waals surface area contributed by atoms with Crippen LogP contribution in [0.3, 0.4) is 0 Å². The third kappa shape index (κ3) is 4.91. The maximum Gasteiger partial charge on any atom is 0.255 e. The summed E-state index contributed by atoms with van der Waals surface area (Å²) < 4.78 is 0. The first kappa shape index (κ1) is 20.3. The van der Waals surface area contributed by atoms with E-state index in [0.29, 0.717) is 17.0 Å². The van der Waals surface area contributed by atoms with Gasteiger partial charge in [-0.1, -0.05) is 86.6 Å². The van der Waals surface area contributed by atoms with Crippen LogP contribution in [0.4, 0.5) is 0 Å². The highest BCUT2D eigenvalue weighted by atomic mass is 16.2. The van der Waals surface area contributed by atoms with Crippen LogP contribution in [0.25, 0.3) is 0 Å². The zero-order valence-electron chi connectivity index (χ0n) is 16.8. The van der Waals surface area contributed by atoms with Gasteiger partial charge in [0, 0.05) is 12.1 Å². The zero-order valence-corrected chi connectivity index (χ0v) is 16.8. The summed E-state index contributed by atoms with van der Waals surface area (Å²) in [7, 11) is 0. The lowest BCUT2D eigenvalue weighted by Gasteiger charge is -2.30. The molecule has 0 saturated carbocycles. The second kappa shape index (κ2) is 9.20. The van der Waals surface area contributed by atoms with Gasteiger partial charge in [-0.05, 0) is 34.7 Å². The Labute approximate surface area is 172 Å². The van der Waals surface area contributed by atoms with Crippen LogP contribution in [-0.2, 0) is 11.3 Å². The molecule has 0 saturated heterocycles. The predicted molar refractivity (Wildman–Crippen MR) is 115 cm³/mol. The number of rotatable bonds is 7. The second-order valence-corrected chi connectivity index (χ2v) is 7.41. The Morgan fingerprint density at radius 1 is 0.828 bits per heavy atom. The Morgan fingerprint density at radius 2 is 1.41 bits per heavy atom. The van der Waals surface area contributed by atoms with Gasteiger partial charge in [-0.25, -0.2) is 0 Å². The fraction of sp³-hybridized carbons (Fsp3) is 0.200. The maximum absolute atomic E-state index is 13.4. The number of nitrogens with two attached hydrogens (primary N) is 1. The lowest BCUT2D eigenvalue weighted by atomic mass is 9.99. The lowest BCUT2D eigenvalue weighted by Crippen LogP contribution is -2.41. The molecule has 2 amide bonds. The molecule has 0 radical (unpaired) electrons. The minimum Gasteiger partial charge on any atom is -0.368 e. The van der Waals surface area contributed by atoms with Gasteiger partial charge in [0.15, 0.2) is 0 Å². The Balaban J connectivity index is 2.04. The average molecular weight is 386 g/mol. The first-order chi connectivity index (χ1) is 14.0. The molecule has 0 aromatic heterocycles. The molecule has 0 aliphatic rings. The highest BCUT2D eigenvalue weighted by Crippen LogP contribution is 2.26. The fourth-order valence-electron chi connectivity index (χ4n) is 3.41. The minimum atomic E-state index is -0.855. The van der Waals surface area contributed by atoms with Crippen molar-refractivity contribution in [3.63, 3.8) is 0 Å². The highest BCUT2D eigenvalue weighted by Gasteiger charge is 2.30. The first-order valence-electron chi connectivity index (χ1n) is 9.76. The molecule has 0 aliphatic carbocycles. The van der Waals surface area contributed by atoms with Crippen molar-refractivity contribution in [3.05, 3.63) is 107 Å². The maximum atomic E-state index is 13.4. The van der Waals surface area contributed by atoms with Crippen LogP contribution in [0.5, 0.6) is 0 Å². The number of benzene rings is 3. The summed E-state index contributed by atoms with van der Waals surface area (Å²) in [6, 6.07) is 25.4. The van der Waals surface area contributed by atoms with Gasteiger partial charge in [-0.2, -0.15) is 0 Å². The van der Waals surface area contributed by atoms with Crippen LogP contribution in [0.1, 0.15) is 52.9 Å². The van der Waals surface area contributed by atoms with Gasteiger partial charge in [0.05, 0.1) is 0 Å². The van der Waals surface area contributed by atoms with E-state index < -0.39 is 11.9 Å². The van der Waals surface area contributed by atoms with Gasteiger partial charge in [-0.3, -0.25) is 9.59 Å².